The minimum Gasteiger partial charge on any atom is -0.338 e. The van der Waals surface area contributed by atoms with Gasteiger partial charge in [0.1, 0.15) is 28.4 Å². The molecule has 1 heterocycles. The number of halogens is 3. The number of aromatic nitrogens is 2. The van der Waals surface area contributed by atoms with Crippen molar-refractivity contribution in [3.8, 4) is 0 Å². The fourth-order valence-electron chi connectivity index (χ4n) is 1.75. The predicted octanol–water partition coefficient (Wildman–Crippen LogP) is 4.03. The minimum atomic E-state index is -0.552. The fourth-order valence-corrected chi connectivity index (χ4v) is 1.94. The Kier molecular flexibility index (Phi) is 3.06. The predicted molar refractivity (Wildman–Crippen MR) is 68.7 cm³/mol. The monoisotopic (exact) mass is 281 g/mol. The van der Waals surface area contributed by atoms with Gasteiger partial charge in [0.25, 0.3) is 0 Å². The summed E-state index contributed by atoms with van der Waals surface area (Å²) in [5, 5.41) is 3.01. The van der Waals surface area contributed by atoms with Crippen LogP contribution in [0.4, 0.5) is 20.3 Å². The third-order valence-electron chi connectivity index (χ3n) is 2.85. The van der Waals surface area contributed by atoms with Gasteiger partial charge in [-0.3, -0.25) is 0 Å². The van der Waals surface area contributed by atoms with Gasteiger partial charge >= 0.3 is 0 Å². The van der Waals surface area contributed by atoms with E-state index in [0.29, 0.717) is 17.6 Å². The van der Waals surface area contributed by atoms with Crippen LogP contribution >= 0.6 is 11.6 Å². The molecule has 0 radical (unpaired) electrons. The lowest BCUT2D eigenvalue weighted by molar-refractivity contribution is 0.603. The number of nitrogens with zero attached hydrogens (tertiary/aromatic N) is 2. The van der Waals surface area contributed by atoms with Gasteiger partial charge in [-0.2, -0.15) is 0 Å². The van der Waals surface area contributed by atoms with E-state index < -0.39 is 11.6 Å². The van der Waals surface area contributed by atoms with E-state index in [4.69, 9.17) is 11.6 Å². The summed E-state index contributed by atoms with van der Waals surface area (Å²) in [7, 11) is 0. The first-order valence-corrected chi connectivity index (χ1v) is 6.26. The second kappa shape index (κ2) is 4.74. The van der Waals surface area contributed by atoms with Crippen molar-refractivity contribution in [2.75, 3.05) is 5.32 Å². The molecule has 1 fully saturated rings. The van der Waals surface area contributed by atoms with Gasteiger partial charge in [0.05, 0.1) is 5.69 Å². The lowest BCUT2D eigenvalue weighted by Gasteiger charge is -2.08. The fraction of sp³-hybridized carbons (Fsp3) is 0.231. The topological polar surface area (TPSA) is 37.8 Å². The molecule has 0 amide bonds. The number of hydrogen-bond acceptors (Lipinski definition) is 3. The van der Waals surface area contributed by atoms with Crippen LogP contribution in [-0.2, 0) is 0 Å². The van der Waals surface area contributed by atoms with Crippen molar-refractivity contribution in [3.63, 3.8) is 0 Å². The first kappa shape index (κ1) is 12.3. The van der Waals surface area contributed by atoms with Gasteiger partial charge in [0.2, 0.25) is 0 Å². The van der Waals surface area contributed by atoms with Crippen molar-refractivity contribution in [1.82, 2.24) is 9.97 Å². The molecular formula is C13H10ClF2N3. The van der Waals surface area contributed by atoms with E-state index in [9.17, 15) is 8.78 Å². The van der Waals surface area contributed by atoms with Crippen LogP contribution in [0, 0.1) is 11.6 Å². The molecule has 2 aromatic rings. The summed E-state index contributed by atoms with van der Waals surface area (Å²) in [6.45, 7) is 0. The van der Waals surface area contributed by atoms with Crippen LogP contribution in [-0.4, -0.2) is 9.97 Å². The number of anilines is 2. The molecule has 1 aromatic carbocycles. The third-order valence-corrected chi connectivity index (χ3v) is 3.04. The van der Waals surface area contributed by atoms with Crippen LogP contribution in [0.25, 0.3) is 0 Å². The maximum absolute atomic E-state index is 13.5. The van der Waals surface area contributed by atoms with Crippen LogP contribution < -0.4 is 5.32 Å². The summed E-state index contributed by atoms with van der Waals surface area (Å²) in [5.41, 5.74) is 0.0245. The first-order valence-electron chi connectivity index (χ1n) is 5.88. The summed E-state index contributed by atoms with van der Waals surface area (Å²) in [6.07, 6.45) is 2.07. The minimum absolute atomic E-state index is 0.0245. The second-order valence-electron chi connectivity index (χ2n) is 4.46. The summed E-state index contributed by atoms with van der Waals surface area (Å²) >= 11 is 5.90. The van der Waals surface area contributed by atoms with E-state index >= 15 is 0 Å². The average molecular weight is 282 g/mol. The molecule has 1 N–H and O–H groups in total. The van der Waals surface area contributed by atoms with Crippen LogP contribution in [0.15, 0.2) is 24.3 Å². The van der Waals surface area contributed by atoms with Crippen LogP contribution in [0.5, 0.6) is 0 Å². The zero-order chi connectivity index (χ0) is 13.4. The number of nitrogens with one attached hydrogen (secondary N) is 1. The molecule has 1 aliphatic carbocycles. The molecule has 19 heavy (non-hydrogen) atoms. The van der Waals surface area contributed by atoms with Gasteiger partial charge < -0.3 is 5.32 Å². The van der Waals surface area contributed by atoms with Gasteiger partial charge in [-0.1, -0.05) is 11.6 Å². The SMILES string of the molecule is Fc1ccc(F)c(Nc2cc(Cl)nc(C3CC3)n2)c1. The van der Waals surface area contributed by atoms with Crippen LogP contribution in [0.1, 0.15) is 24.6 Å². The molecule has 0 unspecified atom stereocenters. The molecule has 3 nitrogen and oxygen atoms in total. The highest BCUT2D eigenvalue weighted by atomic mass is 35.5. The number of benzene rings is 1. The zero-order valence-electron chi connectivity index (χ0n) is 9.83. The Balaban J connectivity index is 1.92. The Morgan fingerprint density at radius 2 is 1.95 bits per heavy atom. The van der Waals surface area contributed by atoms with Crippen LogP contribution in [0.3, 0.4) is 0 Å². The molecule has 0 atom stereocenters. The summed E-state index contributed by atoms with van der Waals surface area (Å²) in [4.78, 5) is 8.39. The van der Waals surface area contributed by atoms with Crippen molar-refractivity contribution >= 4 is 23.1 Å². The molecule has 1 aromatic heterocycles. The van der Waals surface area contributed by atoms with Crippen LogP contribution in [0.2, 0.25) is 5.15 Å². The number of hydrogen-bond donors (Lipinski definition) is 1. The van der Waals surface area contributed by atoms with E-state index in [-0.39, 0.29) is 10.8 Å². The van der Waals surface area contributed by atoms with Crippen molar-refractivity contribution < 1.29 is 8.78 Å². The third kappa shape index (κ3) is 2.81. The Labute approximate surface area is 113 Å². The molecule has 1 aliphatic rings. The summed E-state index contributed by atoms with van der Waals surface area (Å²) < 4.78 is 26.6. The smallest absolute Gasteiger partial charge is 0.146 e. The van der Waals surface area contributed by atoms with E-state index in [2.05, 4.69) is 15.3 Å². The van der Waals surface area contributed by atoms with Gasteiger partial charge in [0, 0.05) is 18.1 Å². The lowest BCUT2D eigenvalue weighted by atomic mass is 10.3. The Morgan fingerprint density at radius 3 is 2.68 bits per heavy atom. The van der Waals surface area contributed by atoms with Crippen molar-refractivity contribution in [2.45, 2.75) is 18.8 Å². The highest BCUT2D eigenvalue weighted by Gasteiger charge is 2.27. The standard InChI is InChI=1S/C13H10ClF2N3/c14-11-6-12(19-13(18-11)7-1-2-7)17-10-5-8(15)3-4-9(10)16/h3-7H,1-2H2,(H,17,18,19). The lowest BCUT2D eigenvalue weighted by Crippen LogP contribution is -2.01. The molecule has 0 aliphatic heterocycles. The highest BCUT2D eigenvalue weighted by Crippen LogP contribution is 2.39. The van der Waals surface area contributed by atoms with Crippen molar-refractivity contribution in [1.29, 1.82) is 0 Å². The van der Waals surface area contributed by atoms with E-state index in [1.807, 2.05) is 0 Å². The van der Waals surface area contributed by atoms with Gasteiger partial charge in [-0.25, -0.2) is 18.7 Å². The highest BCUT2D eigenvalue weighted by molar-refractivity contribution is 6.29. The number of rotatable bonds is 3. The normalized spacial score (nSPS) is 14.5. The van der Waals surface area contributed by atoms with Gasteiger partial charge in [-0.15, -0.1) is 0 Å². The Bertz CT molecular complexity index is 629. The van der Waals surface area contributed by atoms with E-state index in [0.717, 1.165) is 31.0 Å². The quantitative estimate of drug-likeness (QED) is 0.863. The molecule has 0 spiro atoms. The Morgan fingerprint density at radius 1 is 1.16 bits per heavy atom. The van der Waals surface area contributed by atoms with Gasteiger partial charge in [0.15, 0.2) is 0 Å². The maximum atomic E-state index is 13.5. The summed E-state index contributed by atoms with van der Waals surface area (Å²) in [6, 6.07) is 4.67. The largest absolute Gasteiger partial charge is 0.338 e. The second-order valence-corrected chi connectivity index (χ2v) is 4.84. The Hall–Kier alpha value is -1.75. The molecule has 3 rings (SSSR count). The molecular weight excluding hydrogens is 272 g/mol. The van der Waals surface area contributed by atoms with E-state index in [1.165, 1.54) is 6.07 Å². The summed E-state index contributed by atoms with van der Waals surface area (Å²) in [5.74, 6) is 0.269. The molecule has 0 bridgehead atoms. The average Bonchev–Trinajstić information content (AvgIpc) is 3.17. The van der Waals surface area contributed by atoms with Gasteiger partial charge in [-0.05, 0) is 25.0 Å². The first-order chi connectivity index (χ1) is 9.11. The van der Waals surface area contributed by atoms with Crippen molar-refractivity contribution in [3.05, 3.63) is 46.9 Å². The maximum Gasteiger partial charge on any atom is 0.146 e. The van der Waals surface area contributed by atoms with Crippen molar-refractivity contribution in [2.24, 2.45) is 0 Å². The molecule has 0 saturated heterocycles. The molecule has 1 saturated carbocycles. The van der Waals surface area contributed by atoms with E-state index in [1.54, 1.807) is 0 Å². The zero-order valence-corrected chi connectivity index (χ0v) is 10.6. The molecule has 6 heteroatoms. The molecule has 98 valence electrons.